The zero-order valence-electron chi connectivity index (χ0n) is 17.4. The Morgan fingerprint density at radius 1 is 1.26 bits per heavy atom. The molecule has 164 valence electrons. The van der Waals surface area contributed by atoms with E-state index in [-0.39, 0.29) is 35.4 Å². The summed E-state index contributed by atoms with van der Waals surface area (Å²) >= 11 is 7.15. The Hall–Kier alpha value is -2.27. The summed E-state index contributed by atoms with van der Waals surface area (Å²) in [6.07, 6.45) is -0.919. The van der Waals surface area contributed by atoms with Gasteiger partial charge < -0.3 is 15.4 Å². The molecule has 0 bridgehead atoms. The third-order valence-corrected chi connectivity index (χ3v) is 5.96. The molecule has 0 radical (unpaired) electrons. The van der Waals surface area contributed by atoms with Crippen LogP contribution in [0.15, 0.2) is 41.2 Å². The molecule has 6 nitrogen and oxygen atoms in total. The van der Waals surface area contributed by atoms with E-state index in [0.717, 1.165) is 9.13 Å². The minimum Gasteiger partial charge on any atom is -0.442 e. The predicted molar refractivity (Wildman–Crippen MR) is 133 cm³/mol. The first kappa shape index (κ1) is 23.4. The summed E-state index contributed by atoms with van der Waals surface area (Å²) < 4.78 is 21.1. The maximum absolute atomic E-state index is 14.8. The highest BCUT2D eigenvalue weighted by Crippen LogP contribution is 2.27. The van der Waals surface area contributed by atoms with Crippen LogP contribution in [0.2, 0.25) is 0 Å². The molecule has 1 saturated heterocycles. The molecular formula is C22H23FIN3O3S. The summed E-state index contributed by atoms with van der Waals surface area (Å²) in [5.41, 5.74) is 1.53. The van der Waals surface area contributed by atoms with Crippen molar-refractivity contribution in [3.05, 3.63) is 61.6 Å². The van der Waals surface area contributed by atoms with E-state index >= 15 is 0 Å². The number of anilines is 3. The molecule has 1 amide bonds. The van der Waals surface area contributed by atoms with E-state index in [1.165, 1.54) is 17.0 Å². The van der Waals surface area contributed by atoms with Crippen LogP contribution in [0, 0.1) is 9.39 Å². The predicted octanol–water partition coefficient (Wildman–Crippen LogP) is 4.92. The van der Waals surface area contributed by atoms with Crippen molar-refractivity contribution in [2.45, 2.75) is 32.8 Å². The number of hydrogen-bond acceptors (Lipinski definition) is 5. The summed E-state index contributed by atoms with van der Waals surface area (Å²) in [7, 11) is 0. The van der Waals surface area contributed by atoms with Crippen molar-refractivity contribution in [2.24, 2.45) is 0 Å². The smallest absolute Gasteiger partial charge is 0.414 e. The molecule has 1 heterocycles. The van der Waals surface area contributed by atoms with Crippen molar-refractivity contribution < 1.29 is 13.9 Å². The SMILES string of the molecule is CC(=S)NC[C@H]1CN(c2ccc(Nc3ccc(I)c(C(C)C)cc3=O)c(F)c2)C(=O)O1. The molecule has 1 fully saturated rings. The van der Waals surface area contributed by atoms with E-state index in [1.54, 1.807) is 25.1 Å². The number of benzene rings is 1. The van der Waals surface area contributed by atoms with Crippen LogP contribution in [0.25, 0.3) is 0 Å². The molecule has 2 N–H and O–H groups in total. The molecule has 2 aromatic carbocycles. The molecule has 1 atom stereocenters. The Balaban J connectivity index is 1.79. The van der Waals surface area contributed by atoms with Crippen LogP contribution in [0.1, 0.15) is 32.3 Å². The van der Waals surface area contributed by atoms with Gasteiger partial charge in [-0.3, -0.25) is 9.69 Å². The highest BCUT2D eigenvalue weighted by molar-refractivity contribution is 14.1. The number of thiocarbonyl (C=S) groups is 1. The highest BCUT2D eigenvalue weighted by Gasteiger charge is 2.32. The summed E-state index contributed by atoms with van der Waals surface area (Å²) in [5.74, 6) is -0.380. The second-order valence-electron chi connectivity index (χ2n) is 7.56. The van der Waals surface area contributed by atoms with Crippen LogP contribution in [-0.4, -0.2) is 30.3 Å². The normalized spacial score (nSPS) is 15.7. The first-order chi connectivity index (χ1) is 14.7. The van der Waals surface area contributed by atoms with Crippen LogP contribution in [0.3, 0.4) is 0 Å². The summed E-state index contributed by atoms with van der Waals surface area (Å²) in [4.78, 5) is 26.8. The fraction of sp³-hybridized carbons (Fsp3) is 0.318. The van der Waals surface area contributed by atoms with E-state index in [4.69, 9.17) is 17.0 Å². The van der Waals surface area contributed by atoms with Gasteiger partial charge in [-0.25, -0.2) is 9.18 Å². The first-order valence-corrected chi connectivity index (χ1v) is 11.3. The quantitative estimate of drug-likeness (QED) is 0.390. The van der Waals surface area contributed by atoms with Gasteiger partial charge in [0.2, 0.25) is 5.43 Å². The van der Waals surface area contributed by atoms with Crippen molar-refractivity contribution in [3.8, 4) is 0 Å². The lowest BCUT2D eigenvalue weighted by Gasteiger charge is -2.15. The summed E-state index contributed by atoms with van der Waals surface area (Å²) in [5, 5.41) is 5.84. The molecule has 1 aliphatic rings. The average molecular weight is 555 g/mol. The van der Waals surface area contributed by atoms with Gasteiger partial charge in [-0.05, 0) is 77.4 Å². The van der Waals surface area contributed by atoms with E-state index in [2.05, 4.69) is 33.2 Å². The van der Waals surface area contributed by atoms with Crippen LogP contribution >= 0.6 is 34.8 Å². The number of cyclic esters (lactones) is 1. The monoisotopic (exact) mass is 555 g/mol. The van der Waals surface area contributed by atoms with Crippen LogP contribution < -0.4 is 21.0 Å². The lowest BCUT2D eigenvalue weighted by atomic mass is 10.1. The lowest BCUT2D eigenvalue weighted by molar-refractivity contribution is 0.143. The van der Waals surface area contributed by atoms with Gasteiger partial charge in [0.1, 0.15) is 11.9 Å². The molecule has 1 aliphatic heterocycles. The molecular weight excluding hydrogens is 532 g/mol. The number of ether oxygens (including phenoxy) is 1. The molecule has 0 aromatic heterocycles. The van der Waals surface area contributed by atoms with Gasteiger partial charge in [-0.1, -0.05) is 26.1 Å². The van der Waals surface area contributed by atoms with Gasteiger partial charge in [-0.15, -0.1) is 0 Å². The zero-order chi connectivity index (χ0) is 22.7. The molecule has 31 heavy (non-hydrogen) atoms. The topological polar surface area (TPSA) is 70.7 Å². The number of halogens is 2. The Kier molecular flexibility index (Phi) is 7.47. The number of rotatable bonds is 6. The van der Waals surface area contributed by atoms with Gasteiger partial charge in [0.25, 0.3) is 0 Å². The van der Waals surface area contributed by atoms with Gasteiger partial charge in [0.15, 0.2) is 0 Å². The maximum atomic E-state index is 14.8. The number of nitrogens with zero attached hydrogens (tertiary/aromatic N) is 1. The first-order valence-electron chi connectivity index (χ1n) is 9.78. The minimum atomic E-state index is -0.578. The van der Waals surface area contributed by atoms with Gasteiger partial charge in [-0.2, -0.15) is 0 Å². The van der Waals surface area contributed by atoms with E-state index in [1.807, 2.05) is 19.9 Å². The third-order valence-electron chi connectivity index (χ3n) is 4.83. The Morgan fingerprint density at radius 2 is 1.97 bits per heavy atom. The second-order valence-corrected chi connectivity index (χ2v) is 9.33. The van der Waals surface area contributed by atoms with Gasteiger partial charge in [0, 0.05) is 3.57 Å². The van der Waals surface area contributed by atoms with Crippen LogP contribution in [-0.2, 0) is 4.74 Å². The minimum absolute atomic E-state index is 0.148. The van der Waals surface area contributed by atoms with E-state index in [0.29, 0.717) is 17.2 Å². The van der Waals surface area contributed by atoms with Gasteiger partial charge >= 0.3 is 6.09 Å². The van der Waals surface area contributed by atoms with E-state index < -0.39 is 11.9 Å². The highest BCUT2D eigenvalue weighted by atomic mass is 127. The van der Waals surface area contributed by atoms with Gasteiger partial charge in [0.05, 0.1) is 35.1 Å². The third kappa shape index (κ3) is 5.70. The molecule has 3 rings (SSSR count). The van der Waals surface area contributed by atoms with Crippen molar-refractivity contribution in [3.63, 3.8) is 0 Å². The fourth-order valence-electron chi connectivity index (χ4n) is 3.18. The number of nitrogens with one attached hydrogen (secondary N) is 2. The Morgan fingerprint density at radius 3 is 2.61 bits per heavy atom. The molecule has 0 saturated carbocycles. The lowest BCUT2D eigenvalue weighted by Crippen LogP contribution is -2.32. The van der Waals surface area contributed by atoms with Crippen molar-refractivity contribution in [2.75, 3.05) is 23.3 Å². The second kappa shape index (κ2) is 9.90. The number of hydrogen-bond donors (Lipinski definition) is 2. The molecule has 2 aromatic rings. The molecule has 0 unspecified atom stereocenters. The Bertz CT molecular complexity index is 1080. The molecule has 0 spiro atoms. The average Bonchev–Trinajstić information content (AvgIpc) is 3.01. The van der Waals surface area contributed by atoms with E-state index in [9.17, 15) is 14.0 Å². The summed E-state index contributed by atoms with van der Waals surface area (Å²) in [6, 6.07) is 9.44. The van der Waals surface area contributed by atoms with Crippen LogP contribution in [0.5, 0.6) is 0 Å². The fourth-order valence-corrected chi connectivity index (χ4v) is 4.22. The van der Waals surface area contributed by atoms with Crippen LogP contribution in [0.4, 0.5) is 26.2 Å². The summed E-state index contributed by atoms with van der Waals surface area (Å²) in [6.45, 7) is 6.46. The number of amides is 1. The standard InChI is InChI=1S/C22H23FIN3O3S/c1-12(2)16-9-21(28)20(7-5-18(16)24)26-19-6-4-14(8-17(19)23)27-11-15(30-22(27)29)10-25-13(3)31/h4-9,12,15H,10-11H2,1-3H3,(H,25,31)(H,26,28)/t15-/m0/s1. The maximum Gasteiger partial charge on any atom is 0.414 e. The molecule has 0 aliphatic carbocycles. The van der Waals surface area contributed by atoms with Crippen molar-refractivity contribution in [1.29, 1.82) is 0 Å². The number of carbonyl (C=O) groups excluding carboxylic acids is 1. The van der Waals surface area contributed by atoms with Crippen molar-refractivity contribution in [1.82, 2.24) is 5.32 Å². The zero-order valence-corrected chi connectivity index (χ0v) is 20.3. The van der Waals surface area contributed by atoms with Crippen molar-refractivity contribution >= 4 is 63.0 Å². The number of carbonyl (C=O) groups is 1. The Labute approximate surface area is 199 Å². The molecule has 9 heteroatoms. The largest absolute Gasteiger partial charge is 0.442 e.